The lowest BCUT2D eigenvalue weighted by Crippen LogP contribution is -2.32. The van der Waals surface area contributed by atoms with E-state index in [4.69, 9.17) is 0 Å². The van der Waals surface area contributed by atoms with Crippen LogP contribution in [0.2, 0.25) is 0 Å². The summed E-state index contributed by atoms with van der Waals surface area (Å²) >= 11 is 0. The van der Waals surface area contributed by atoms with Crippen molar-refractivity contribution in [3.63, 3.8) is 0 Å². The van der Waals surface area contributed by atoms with Gasteiger partial charge in [-0.3, -0.25) is 9.59 Å². The van der Waals surface area contributed by atoms with Gasteiger partial charge in [-0.05, 0) is 29.8 Å². The molecule has 3 aromatic rings. The van der Waals surface area contributed by atoms with Crippen molar-refractivity contribution in [2.75, 3.05) is 10.2 Å². The van der Waals surface area contributed by atoms with Gasteiger partial charge in [0.25, 0.3) is 11.8 Å². The Balaban J connectivity index is 1.82. The standard InChI is InChI=1S/C22H12F4N2O2/c23-15-8-6-13(10-17(15)25)27-20-19(12-4-2-1-3-5-12)21(29)28(22(20)30)14-7-9-16(24)18(26)11-14/h1-11,27H. The third-order valence-electron chi connectivity index (χ3n) is 4.50. The Labute approximate surface area is 168 Å². The Hall–Kier alpha value is -3.94. The SMILES string of the molecule is O=C1C(Nc2ccc(F)c(F)c2)=C(c2ccccc2)C(=O)N1c1ccc(F)c(F)c1. The van der Waals surface area contributed by atoms with Crippen LogP contribution < -0.4 is 10.2 Å². The van der Waals surface area contributed by atoms with Gasteiger partial charge in [-0.25, -0.2) is 22.5 Å². The zero-order valence-electron chi connectivity index (χ0n) is 15.1. The highest BCUT2D eigenvalue weighted by molar-refractivity contribution is 6.46. The molecule has 1 N–H and O–H groups in total. The van der Waals surface area contributed by atoms with E-state index >= 15 is 0 Å². The number of hydrogen-bond acceptors (Lipinski definition) is 3. The number of halogens is 4. The lowest BCUT2D eigenvalue weighted by molar-refractivity contribution is -0.120. The summed E-state index contributed by atoms with van der Waals surface area (Å²) in [6.45, 7) is 0. The molecule has 0 bridgehead atoms. The normalized spacial score (nSPS) is 13.9. The topological polar surface area (TPSA) is 49.4 Å². The van der Waals surface area contributed by atoms with Crippen molar-refractivity contribution in [1.82, 2.24) is 0 Å². The first-order chi connectivity index (χ1) is 14.4. The molecule has 1 aliphatic heterocycles. The number of benzene rings is 3. The second-order valence-electron chi connectivity index (χ2n) is 6.41. The number of hydrogen-bond donors (Lipinski definition) is 1. The van der Waals surface area contributed by atoms with E-state index in [1.54, 1.807) is 30.3 Å². The number of carbonyl (C=O) groups is 2. The van der Waals surface area contributed by atoms with Gasteiger partial charge < -0.3 is 5.32 Å². The molecule has 4 nitrogen and oxygen atoms in total. The molecule has 0 unspecified atom stereocenters. The van der Waals surface area contributed by atoms with Crippen molar-refractivity contribution < 1.29 is 27.2 Å². The maximum absolute atomic E-state index is 13.7. The van der Waals surface area contributed by atoms with Gasteiger partial charge in [0, 0.05) is 17.8 Å². The van der Waals surface area contributed by atoms with Crippen LogP contribution in [0.15, 0.2) is 72.4 Å². The smallest absolute Gasteiger partial charge is 0.282 e. The van der Waals surface area contributed by atoms with Crippen LogP contribution in [0, 0.1) is 23.3 Å². The minimum Gasteiger partial charge on any atom is -0.350 e. The molecular formula is C22H12F4N2O2. The largest absolute Gasteiger partial charge is 0.350 e. The maximum Gasteiger partial charge on any atom is 0.282 e. The first kappa shape index (κ1) is 19.4. The lowest BCUT2D eigenvalue weighted by Gasteiger charge is -2.15. The van der Waals surface area contributed by atoms with E-state index in [9.17, 15) is 27.2 Å². The molecule has 4 rings (SSSR count). The van der Waals surface area contributed by atoms with E-state index in [2.05, 4.69) is 5.32 Å². The third-order valence-corrected chi connectivity index (χ3v) is 4.50. The molecule has 1 aliphatic rings. The number of carbonyl (C=O) groups excluding carboxylic acids is 2. The third kappa shape index (κ3) is 3.32. The minimum absolute atomic E-state index is 0.0330. The van der Waals surface area contributed by atoms with Crippen LogP contribution in [0.5, 0.6) is 0 Å². The summed E-state index contributed by atoms with van der Waals surface area (Å²) in [5, 5.41) is 2.66. The highest BCUT2D eigenvalue weighted by atomic mass is 19.2. The summed E-state index contributed by atoms with van der Waals surface area (Å²) in [7, 11) is 0. The maximum atomic E-state index is 13.7. The van der Waals surface area contributed by atoms with Crippen LogP contribution in [0.25, 0.3) is 5.57 Å². The van der Waals surface area contributed by atoms with Crippen molar-refractivity contribution in [3.8, 4) is 0 Å². The summed E-state index contributed by atoms with van der Waals surface area (Å²) < 4.78 is 53.8. The number of nitrogens with zero attached hydrogens (tertiary/aromatic N) is 1. The molecule has 1 heterocycles. The van der Waals surface area contributed by atoms with Gasteiger partial charge in [0.2, 0.25) is 0 Å². The average Bonchev–Trinajstić information content (AvgIpc) is 2.97. The molecular weight excluding hydrogens is 400 g/mol. The molecule has 3 aromatic carbocycles. The molecule has 8 heteroatoms. The number of anilines is 2. The van der Waals surface area contributed by atoms with Crippen molar-refractivity contribution in [1.29, 1.82) is 0 Å². The molecule has 2 amide bonds. The molecule has 0 radical (unpaired) electrons. The van der Waals surface area contributed by atoms with Crippen molar-refractivity contribution in [2.24, 2.45) is 0 Å². The molecule has 0 saturated heterocycles. The zero-order chi connectivity index (χ0) is 21.4. The molecule has 0 aromatic heterocycles. The van der Waals surface area contributed by atoms with Crippen LogP contribution in [0.3, 0.4) is 0 Å². The zero-order valence-corrected chi connectivity index (χ0v) is 15.1. The van der Waals surface area contributed by atoms with Crippen molar-refractivity contribution >= 4 is 28.8 Å². The van der Waals surface area contributed by atoms with E-state index in [-0.39, 0.29) is 22.6 Å². The van der Waals surface area contributed by atoms with E-state index in [1.807, 2.05) is 0 Å². The van der Waals surface area contributed by atoms with Gasteiger partial charge in [0.05, 0.1) is 11.3 Å². The monoisotopic (exact) mass is 412 g/mol. The fraction of sp³-hybridized carbons (Fsp3) is 0. The average molecular weight is 412 g/mol. The first-order valence-corrected chi connectivity index (χ1v) is 8.72. The second-order valence-corrected chi connectivity index (χ2v) is 6.41. The van der Waals surface area contributed by atoms with Gasteiger partial charge >= 0.3 is 0 Å². The van der Waals surface area contributed by atoms with Gasteiger partial charge in [0.1, 0.15) is 5.70 Å². The molecule has 0 saturated carbocycles. The predicted octanol–water partition coefficient (Wildman–Crippen LogP) is 4.64. The summed E-state index contributed by atoms with van der Waals surface area (Å²) in [4.78, 5) is 26.8. The van der Waals surface area contributed by atoms with E-state index in [1.165, 1.54) is 6.07 Å². The summed E-state index contributed by atoms with van der Waals surface area (Å²) in [5.74, 6) is -6.20. The highest BCUT2D eigenvalue weighted by Gasteiger charge is 2.40. The lowest BCUT2D eigenvalue weighted by atomic mass is 10.0. The molecule has 0 atom stereocenters. The number of imide groups is 1. The Morgan fingerprint density at radius 1 is 0.667 bits per heavy atom. The summed E-state index contributed by atoms with van der Waals surface area (Å²) in [6.07, 6.45) is 0. The van der Waals surface area contributed by atoms with Gasteiger partial charge in [-0.2, -0.15) is 0 Å². The number of nitrogens with one attached hydrogen (secondary N) is 1. The highest BCUT2D eigenvalue weighted by Crippen LogP contribution is 2.34. The Bertz CT molecular complexity index is 1210. The fourth-order valence-corrected chi connectivity index (χ4v) is 3.10. The van der Waals surface area contributed by atoms with Gasteiger partial charge in [0.15, 0.2) is 23.3 Å². The molecule has 150 valence electrons. The Morgan fingerprint density at radius 3 is 1.93 bits per heavy atom. The first-order valence-electron chi connectivity index (χ1n) is 8.72. The van der Waals surface area contributed by atoms with Crippen LogP contribution in [-0.4, -0.2) is 11.8 Å². The fourth-order valence-electron chi connectivity index (χ4n) is 3.10. The summed E-state index contributed by atoms with van der Waals surface area (Å²) in [6, 6.07) is 13.7. The molecule has 30 heavy (non-hydrogen) atoms. The Morgan fingerprint density at radius 2 is 1.30 bits per heavy atom. The van der Waals surface area contributed by atoms with Crippen LogP contribution >= 0.6 is 0 Å². The molecule has 0 fully saturated rings. The van der Waals surface area contributed by atoms with Gasteiger partial charge in [-0.1, -0.05) is 30.3 Å². The van der Waals surface area contributed by atoms with Gasteiger partial charge in [-0.15, -0.1) is 0 Å². The van der Waals surface area contributed by atoms with Crippen LogP contribution in [0.1, 0.15) is 5.56 Å². The number of rotatable bonds is 4. The molecule has 0 aliphatic carbocycles. The van der Waals surface area contributed by atoms with Crippen LogP contribution in [0.4, 0.5) is 28.9 Å². The van der Waals surface area contributed by atoms with E-state index in [0.717, 1.165) is 30.3 Å². The predicted molar refractivity (Wildman–Crippen MR) is 102 cm³/mol. The van der Waals surface area contributed by atoms with E-state index < -0.39 is 35.1 Å². The quantitative estimate of drug-likeness (QED) is 0.502. The minimum atomic E-state index is -1.23. The Kier molecular flexibility index (Phi) is 4.83. The second kappa shape index (κ2) is 7.47. The van der Waals surface area contributed by atoms with Crippen molar-refractivity contribution in [3.05, 3.63) is 101 Å². The van der Waals surface area contributed by atoms with Crippen LogP contribution in [-0.2, 0) is 9.59 Å². The summed E-state index contributed by atoms with van der Waals surface area (Å²) in [5.41, 5.74) is -0.00643. The van der Waals surface area contributed by atoms with E-state index in [0.29, 0.717) is 10.5 Å². The molecule has 0 spiro atoms. The van der Waals surface area contributed by atoms with Crippen molar-refractivity contribution in [2.45, 2.75) is 0 Å². The number of amides is 2.